The van der Waals surface area contributed by atoms with Crippen LogP contribution in [0.4, 0.5) is 0 Å². The zero-order valence-corrected chi connectivity index (χ0v) is 11.2. The molecule has 0 aliphatic carbocycles. The summed E-state index contributed by atoms with van der Waals surface area (Å²) in [6.07, 6.45) is 2.73. The molecule has 1 aliphatic rings. The number of amides is 1. The van der Waals surface area contributed by atoms with E-state index in [1.54, 1.807) is 6.92 Å². The molecule has 4 heteroatoms. The summed E-state index contributed by atoms with van der Waals surface area (Å²) in [4.78, 5) is 11.9. The molecule has 3 atom stereocenters. The van der Waals surface area contributed by atoms with Crippen molar-refractivity contribution in [2.45, 2.75) is 45.6 Å². The van der Waals surface area contributed by atoms with Gasteiger partial charge in [-0.15, -0.1) is 0 Å². The number of hydrogen-bond acceptors (Lipinski definition) is 3. The third kappa shape index (κ3) is 4.28. The maximum absolute atomic E-state index is 11.9. The topological polar surface area (TPSA) is 58.6 Å². The predicted octanol–water partition coefficient (Wildman–Crippen LogP) is 1.33. The molecule has 0 bridgehead atoms. The summed E-state index contributed by atoms with van der Waals surface area (Å²) in [5, 5.41) is 13.0. The summed E-state index contributed by atoms with van der Waals surface area (Å²) in [6.45, 7) is 7.40. The summed E-state index contributed by atoms with van der Waals surface area (Å²) < 4.78 is 5.28. The van der Waals surface area contributed by atoms with E-state index < -0.39 is 5.60 Å². The second-order valence-electron chi connectivity index (χ2n) is 5.30. The first-order valence-electron chi connectivity index (χ1n) is 6.55. The molecule has 100 valence electrons. The monoisotopic (exact) mass is 243 g/mol. The molecule has 0 unspecified atom stereocenters. The minimum absolute atomic E-state index is 0.00766. The van der Waals surface area contributed by atoms with E-state index in [2.05, 4.69) is 5.32 Å². The molecule has 1 rings (SSSR count). The fourth-order valence-corrected chi connectivity index (χ4v) is 1.97. The quantitative estimate of drug-likeness (QED) is 0.766. The number of nitrogens with one attached hydrogen (secondary N) is 1. The Labute approximate surface area is 104 Å². The molecular weight excluding hydrogens is 218 g/mol. The van der Waals surface area contributed by atoms with Gasteiger partial charge in [0.05, 0.1) is 18.1 Å². The van der Waals surface area contributed by atoms with E-state index in [9.17, 15) is 9.90 Å². The molecule has 0 aromatic rings. The Morgan fingerprint density at radius 1 is 1.65 bits per heavy atom. The lowest BCUT2D eigenvalue weighted by Crippen LogP contribution is -2.47. The zero-order valence-electron chi connectivity index (χ0n) is 11.2. The van der Waals surface area contributed by atoms with Gasteiger partial charge in [0.25, 0.3) is 0 Å². The van der Waals surface area contributed by atoms with Gasteiger partial charge in [-0.2, -0.15) is 0 Å². The molecule has 1 amide bonds. The standard InChI is InChI=1S/C13H25NO3/c1-4-10(2)13(3,16)9-14-12(15)11-6-5-7-17-8-11/h10-11,16H,4-9H2,1-3H3,(H,14,15)/t10-,11-,13+/m0/s1. The molecule has 0 aromatic heterocycles. The molecular formula is C13H25NO3. The average Bonchev–Trinajstić information content (AvgIpc) is 2.36. The number of carbonyl (C=O) groups excluding carboxylic acids is 1. The second kappa shape index (κ2) is 6.36. The van der Waals surface area contributed by atoms with Crippen molar-refractivity contribution in [3.05, 3.63) is 0 Å². The Balaban J connectivity index is 2.36. The lowest BCUT2D eigenvalue weighted by molar-refractivity contribution is -0.130. The van der Waals surface area contributed by atoms with Gasteiger partial charge in [0.15, 0.2) is 0 Å². The number of ether oxygens (including phenoxy) is 1. The van der Waals surface area contributed by atoms with Gasteiger partial charge in [-0.1, -0.05) is 20.3 Å². The van der Waals surface area contributed by atoms with Crippen LogP contribution in [0.5, 0.6) is 0 Å². The van der Waals surface area contributed by atoms with Crippen molar-refractivity contribution in [3.8, 4) is 0 Å². The van der Waals surface area contributed by atoms with Crippen LogP contribution in [0.25, 0.3) is 0 Å². The third-order valence-electron chi connectivity index (χ3n) is 3.83. The summed E-state index contributed by atoms with van der Waals surface area (Å²) in [5.74, 6) is 0.134. The van der Waals surface area contributed by atoms with Gasteiger partial charge in [-0.05, 0) is 25.7 Å². The lowest BCUT2D eigenvalue weighted by Gasteiger charge is -2.31. The van der Waals surface area contributed by atoms with Gasteiger partial charge in [0.2, 0.25) is 5.91 Å². The molecule has 0 aromatic carbocycles. The maximum Gasteiger partial charge on any atom is 0.225 e. The van der Waals surface area contributed by atoms with E-state index in [4.69, 9.17) is 4.74 Å². The highest BCUT2D eigenvalue weighted by molar-refractivity contribution is 5.78. The number of rotatable bonds is 5. The van der Waals surface area contributed by atoms with E-state index in [1.165, 1.54) is 0 Å². The van der Waals surface area contributed by atoms with Crippen molar-refractivity contribution in [2.24, 2.45) is 11.8 Å². The molecule has 1 aliphatic heterocycles. The first-order chi connectivity index (χ1) is 7.97. The molecule has 17 heavy (non-hydrogen) atoms. The van der Waals surface area contributed by atoms with E-state index in [-0.39, 0.29) is 17.7 Å². The fraction of sp³-hybridized carbons (Fsp3) is 0.923. The summed E-state index contributed by atoms with van der Waals surface area (Å²) in [7, 11) is 0. The molecule has 0 saturated carbocycles. The maximum atomic E-state index is 11.9. The molecule has 0 spiro atoms. The summed E-state index contributed by atoms with van der Waals surface area (Å²) in [6, 6.07) is 0. The number of hydrogen-bond donors (Lipinski definition) is 2. The van der Waals surface area contributed by atoms with Crippen LogP contribution >= 0.6 is 0 Å². The van der Waals surface area contributed by atoms with Crippen molar-refractivity contribution in [1.82, 2.24) is 5.32 Å². The van der Waals surface area contributed by atoms with Crippen LogP contribution < -0.4 is 5.32 Å². The van der Waals surface area contributed by atoms with Crippen LogP contribution in [0.15, 0.2) is 0 Å². The second-order valence-corrected chi connectivity index (χ2v) is 5.30. The van der Waals surface area contributed by atoms with Gasteiger partial charge in [-0.25, -0.2) is 0 Å². The highest BCUT2D eigenvalue weighted by Crippen LogP contribution is 2.19. The van der Waals surface area contributed by atoms with Gasteiger partial charge in [0.1, 0.15) is 0 Å². The molecule has 1 fully saturated rings. The Kier molecular flexibility index (Phi) is 5.40. The van der Waals surface area contributed by atoms with Crippen molar-refractivity contribution >= 4 is 5.91 Å². The predicted molar refractivity (Wildman–Crippen MR) is 66.6 cm³/mol. The third-order valence-corrected chi connectivity index (χ3v) is 3.83. The minimum atomic E-state index is -0.833. The van der Waals surface area contributed by atoms with Crippen LogP contribution in [0.1, 0.15) is 40.0 Å². The first-order valence-corrected chi connectivity index (χ1v) is 6.55. The fourth-order valence-electron chi connectivity index (χ4n) is 1.97. The van der Waals surface area contributed by atoms with Crippen LogP contribution in [-0.4, -0.2) is 36.4 Å². The van der Waals surface area contributed by atoms with Crippen molar-refractivity contribution in [3.63, 3.8) is 0 Å². The Bertz CT molecular complexity index is 247. The molecule has 1 heterocycles. The average molecular weight is 243 g/mol. The highest BCUT2D eigenvalue weighted by Gasteiger charge is 2.29. The largest absolute Gasteiger partial charge is 0.388 e. The van der Waals surface area contributed by atoms with E-state index in [1.807, 2.05) is 13.8 Å². The lowest BCUT2D eigenvalue weighted by atomic mass is 9.88. The SMILES string of the molecule is CC[C@H](C)[C@](C)(O)CNC(=O)[C@H]1CCCOC1. The van der Waals surface area contributed by atoms with E-state index in [0.717, 1.165) is 25.9 Å². The van der Waals surface area contributed by atoms with Crippen molar-refractivity contribution in [2.75, 3.05) is 19.8 Å². The van der Waals surface area contributed by atoms with Crippen molar-refractivity contribution < 1.29 is 14.6 Å². The number of carbonyl (C=O) groups is 1. The van der Waals surface area contributed by atoms with Crippen molar-refractivity contribution in [1.29, 1.82) is 0 Å². The molecule has 4 nitrogen and oxygen atoms in total. The summed E-state index contributed by atoms with van der Waals surface area (Å²) >= 11 is 0. The molecule has 0 radical (unpaired) electrons. The van der Waals surface area contributed by atoms with E-state index in [0.29, 0.717) is 13.2 Å². The molecule has 1 saturated heterocycles. The first kappa shape index (κ1) is 14.5. The zero-order chi connectivity index (χ0) is 12.9. The Morgan fingerprint density at radius 3 is 2.88 bits per heavy atom. The van der Waals surface area contributed by atoms with Gasteiger partial charge < -0.3 is 15.2 Å². The Hall–Kier alpha value is -0.610. The highest BCUT2D eigenvalue weighted by atomic mass is 16.5. The Morgan fingerprint density at radius 2 is 2.35 bits per heavy atom. The minimum Gasteiger partial charge on any atom is -0.388 e. The molecule has 2 N–H and O–H groups in total. The summed E-state index contributed by atoms with van der Waals surface area (Å²) in [5.41, 5.74) is -0.833. The van der Waals surface area contributed by atoms with Gasteiger partial charge >= 0.3 is 0 Å². The van der Waals surface area contributed by atoms with Crippen LogP contribution in [-0.2, 0) is 9.53 Å². The van der Waals surface area contributed by atoms with Gasteiger partial charge in [-0.3, -0.25) is 4.79 Å². The van der Waals surface area contributed by atoms with Crippen LogP contribution in [0.2, 0.25) is 0 Å². The smallest absolute Gasteiger partial charge is 0.225 e. The normalized spacial score (nSPS) is 26.0. The number of aliphatic hydroxyl groups is 1. The van der Waals surface area contributed by atoms with Crippen LogP contribution in [0, 0.1) is 11.8 Å². The van der Waals surface area contributed by atoms with Gasteiger partial charge in [0, 0.05) is 13.2 Å². The van der Waals surface area contributed by atoms with E-state index >= 15 is 0 Å². The van der Waals surface area contributed by atoms with Crippen LogP contribution in [0.3, 0.4) is 0 Å².